The number of nitrogens with zero attached hydrogens (tertiary/aromatic N) is 1. The largest absolute Gasteiger partial charge is 0.508 e. The molecule has 0 bridgehead atoms. The highest BCUT2D eigenvalue weighted by molar-refractivity contribution is 5.94. The number of aryl methyl sites for hydroxylation is 1. The van der Waals surface area contributed by atoms with Crippen molar-refractivity contribution in [2.24, 2.45) is 11.7 Å². The first-order valence-corrected chi connectivity index (χ1v) is 6.28. The monoisotopic (exact) mass is 248 g/mol. The average molecular weight is 248 g/mol. The number of carbonyl (C=O) groups excluding carboxylic acids is 1. The van der Waals surface area contributed by atoms with Crippen LogP contribution in [0, 0.1) is 12.8 Å². The number of hydrogen-bond acceptors (Lipinski definition) is 3. The maximum atomic E-state index is 12.1. The van der Waals surface area contributed by atoms with Crippen molar-refractivity contribution in [3.8, 4) is 5.75 Å². The Bertz CT molecular complexity index is 453. The van der Waals surface area contributed by atoms with E-state index >= 15 is 0 Å². The van der Waals surface area contributed by atoms with E-state index < -0.39 is 0 Å². The van der Waals surface area contributed by atoms with E-state index in [1.54, 1.807) is 24.1 Å². The van der Waals surface area contributed by atoms with Gasteiger partial charge >= 0.3 is 0 Å². The molecule has 0 aliphatic heterocycles. The lowest BCUT2D eigenvalue weighted by Crippen LogP contribution is -2.43. The molecule has 1 fully saturated rings. The van der Waals surface area contributed by atoms with E-state index in [4.69, 9.17) is 5.73 Å². The molecule has 0 atom stereocenters. The number of amides is 1. The van der Waals surface area contributed by atoms with Crippen molar-refractivity contribution in [2.45, 2.75) is 25.8 Å². The van der Waals surface area contributed by atoms with Crippen molar-refractivity contribution in [2.75, 3.05) is 13.6 Å². The van der Waals surface area contributed by atoms with Crippen LogP contribution in [0.25, 0.3) is 0 Å². The van der Waals surface area contributed by atoms with Gasteiger partial charge < -0.3 is 15.7 Å². The fourth-order valence-corrected chi connectivity index (χ4v) is 2.37. The van der Waals surface area contributed by atoms with Crippen LogP contribution in [0.2, 0.25) is 0 Å². The smallest absolute Gasteiger partial charge is 0.253 e. The summed E-state index contributed by atoms with van der Waals surface area (Å²) in [6.07, 6.45) is 1.99. The molecule has 0 radical (unpaired) electrons. The summed E-state index contributed by atoms with van der Waals surface area (Å²) in [5.74, 6) is 0.638. The minimum Gasteiger partial charge on any atom is -0.508 e. The summed E-state index contributed by atoms with van der Waals surface area (Å²) in [7, 11) is 1.79. The zero-order valence-electron chi connectivity index (χ0n) is 10.9. The lowest BCUT2D eigenvalue weighted by molar-refractivity contribution is 0.0733. The number of nitrogens with two attached hydrogens (primary N) is 1. The summed E-state index contributed by atoms with van der Waals surface area (Å²) in [6, 6.07) is 5.35. The van der Waals surface area contributed by atoms with Gasteiger partial charge in [-0.05, 0) is 43.4 Å². The normalized spacial score (nSPS) is 22.4. The van der Waals surface area contributed by atoms with E-state index in [9.17, 15) is 9.90 Å². The van der Waals surface area contributed by atoms with Crippen molar-refractivity contribution < 1.29 is 9.90 Å². The van der Waals surface area contributed by atoms with E-state index in [1.807, 2.05) is 6.92 Å². The van der Waals surface area contributed by atoms with Gasteiger partial charge in [0.15, 0.2) is 0 Å². The number of hydrogen-bond donors (Lipinski definition) is 2. The molecule has 1 aliphatic carbocycles. The van der Waals surface area contributed by atoms with Gasteiger partial charge in [-0.25, -0.2) is 0 Å². The van der Waals surface area contributed by atoms with Gasteiger partial charge in [0, 0.05) is 25.2 Å². The second kappa shape index (κ2) is 4.98. The maximum Gasteiger partial charge on any atom is 0.253 e. The van der Waals surface area contributed by atoms with Gasteiger partial charge in [0.25, 0.3) is 5.91 Å². The van der Waals surface area contributed by atoms with Gasteiger partial charge in [0.1, 0.15) is 5.75 Å². The molecule has 3 N–H and O–H groups in total. The molecule has 1 aromatic rings. The summed E-state index contributed by atoms with van der Waals surface area (Å²) < 4.78 is 0. The van der Waals surface area contributed by atoms with Crippen LogP contribution in [-0.4, -0.2) is 35.5 Å². The van der Waals surface area contributed by atoms with Gasteiger partial charge in [-0.1, -0.05) is 6.07 Å². The molecular weight excluding hydrogens is 228 g/mol. The Morgan fingerprint density at radius 3 is 2.72 bits per heavy atom. The maximum absolute atomic E-state index is 12.1. The van der Waals surface area contributed by atoms with Crippen LogP contribution in [0.15, 0.2) is 18.2 Å². The second-order valence-corrected chi connectivity index (χ2v) is 5.28. The summed E-state index contributed by atoms with van der Waals surface area (Å²) in [6.45, 7) is 2.55. The number of carbonyl (C=O) groups is 1. The van der Waals surface area contributed by atoms with Gasteiger partial charge in [-0.3, -0.25) is 4.79 Å². The number of phenolic OH excluding ortho intramolecular Hbond substituents is 1. The van der Waals surface area contributed by atoms with Crippen LogP contribution in [0.1, 0.15) is 28.8 Å². The quantitative estimate of drug-likeness (QED) is 0.852. The van der Waals surface area contributed by atoms with Gasteiger partial charge in [-0.15, -0.1) is 0 Å². The van der Waals surface area contributed by atoms with Crippen LogP contribution in [0.5, 0.6) is 5.75 Å². The second-order valence-electron chi connectivity index (χ2n) is 5.28. The standard InChI is InChI=1S/C14H20N2O2/c1-9-3-4-11(7-13(9)17)14(18)16(2)8-10-5-12(15)6-10/h3-4,7,10,12,17H,5-6,8,15H2,1-2H3. The average Bonchev–Trinajstić information content (AvgIpc) is 2.29. The Hall–Kier alpha value is -1.55. The molecule has 1 saturated carbocycles. The number of rotatable bonds is 3. The third-order valence-corrected chi connectivity index (χ3v) is 3.61. The summed E-state index contributed by atoms with van der Waals surface area (Å²) >= 11 is 0. The molecule has 4 nitrogen and oxygen atoms in total. The molecule has 2 rings (SSSR count). The predicted molar refractivity (Wildman–Crippen MR) is 70.5 cm³/mol. The number of aromatic hydroxyl groups is 1. The highest BCUT2D eigenvalue weighted by Gasteiger charge is 2.28. The topological polar surface area (TPSA) is 66.6 Å². The highest BCUT2D eigenvalue weighted by Crippen LogP contribution is 2.26. The van der Waals surface area contributed by atoms with E-state index in [1.165, 1.54) is 6.07 Å². The lowest BCUT2D eigenvalue weighted by Gasteiger charge is -2.35. The first-order chi connectivity index (χ1) is 8.47. The third kappa shape index (κ3) is 2.64. The Kier molecular flexibility index (Phi) is 3.57. The van der Waals surface area contributed by atoms with E-state index in [-0.39, 0.29) is 11.7 Å². The Balaban J connectivity index is 1.99. The molecule has 4 heteroatoms. The van der Waals surface area contributed by atoms with Crippen molar-refractivity contribution in [3.63, 3.8) is 0 Å². The van der Waals surface area contributed by atoms with Gasteiger partial charge in [0.05, 0.1) is 0 Å². The SMILES string of the molecule is Cc1ccc(C(=O)N(C)CC2CC(N)C2)cc1O. The van der Waals surface area contributed by atoms with Crippen LogP contribution in [-0.2, 0) is 0 Å². The van der Waals surface area contributed by atoms with Crippen molar-refractivity contribution in [3.05, 3.63) is 29.3 Å². The Morgan fingerprint density at radius 1 is 1.50 bits per heavy atom. The van der Waals surface area contributed by atoms with E-state index in [0.717, 1.165) is 24.9 Å². The molecule has 0 aromatic heterocycles. The molecule has 98 valence electrons. The van der Waals surface area contributed by atoms with E-state index in [2.05, 4.69) is 0 Å². The summed E-state index contributed by atoms with van der Waals surface area (Å²) in [5, 5.41) is 9.62. The van der Waals surface area contributed by atoms with Crippen LogP contribution < -0.4 is 5.73 Å². The van der Waals surface area contributed by atoms with Gasteiger partial charge in [-0.2, -0.15) is 0 Å². The molecule has 0 saturated heterocycles. The fraction of sp³-hybridized carbons (Fsp3) is 0.500. The van der Waals surface area contributed by atoms with E-state index in [0.29, 0.717) is 17.5 Å². The highest BCUT2D eigenvalue weighted by atomic mass is 16.3. The molecule has 0 spiro atoms. The summed E-state index contributed by atoms with van der Waals surface area (Å²) in [5.41, 5.74) is 7.04. The predicted octanol–water partition coefficient (Wildman–Crippen LogP) is 1.51. The Morgan fingerprint density at radius 2 is 2.17 bits per heavy atom. The molecule has 0 unspecified atom stereocenters. The van der Waals surface area contributed by atoms with Crippen LogP contribution in [0.4, 0.5) is 0 Å². The van der Waals surface area contributed by atoms with Crippen LogP contribution >= 0.6 is 0 Å². The number of phenols is 1. The Labute approximate surface area is 107 Å². The zero-order valence-corrected chi connectivity index (χ0v) is 10.9. The molecule has 0 heterocycles. The lowest BCUT2D eigenvalue weighted by atomic mass is 9.80. The number of benzene rings is 1. The molecule has 18 heavy (non-hydrogen) atoms. The molecule has 1 aliphatic rings. The molecule has 1 aromatic carbocycles. The van der Waals surface area contributed by atoms with Crippen LogP contribution in [0.3, 0.4) is 0 Å². The third-order valence-electron chi connectivity index (χ3n) is 3.61. The molecule has 1 amide bonds. The zero-order chi connectivity index (χ0) is 13.3. The van der Waals surface area contributed by atoms with Crippen molar-refractivity contribution in [1.82, 2.24) is 4.90 Å². The first kappa shape index (κ1) is 12.9. The fourth-order valence-electron chi connectivity index (χ4n) is 2.37. The minimum atomic E-state index is -0.0502. The first-order valence-electron chi connectivity index (χ1n) is 6.28. The summed E-state index contributed by atoms with van der Waals surface area (Å²) in [4.78, 5) is 13.9. The van der Waals surface area contributed by atoms with Crippen molar-refractivity contribution >= 4 is 5.91 Å². The minimum absolute atomic E-state index is 0.0502. The van der Waals surface area contributed by atoms with Gasteiger partial charge in [0.2, 0.25) is 0 Å². The molecular formula is C14H20N2O2. The van der Waals surface area contributed by atoms with Crippen molar-refractivity contribution in [1.29, 1.82) is 0 Å².